The van der Waals surface area contributed by atoms with Crippen LogP contribution < -0.4 is 16.0 Å². The molecule has 0 spiro atoms. The van der Waals surface area contributed by atoms with E-state index in [4.69, 9.17) is 4.99 Å². The van der Waals surface area contributed by atoms with Crippen molar-refractivity contribution in [3.8, 4) is 0 Å². The lowest BCUT2D eigenvalue weighted by Crippen LogP contribution is -2.47. The molecule has 3 rings (SSSR count). The number of hydrogen-bond acceptors (Lipinski definition) is 2. The second kappa shape index (κ2) is 9.74. The van der Waals surface area contributed by atoms with Gasteiger partial charge in [0.15, 0.2) is 5.96 Å². The minimum absolute atomic E-state index is 0.264. The number of guanidine groups is 1. The van der Waals surface area contributed by atoms with E-state index in [1.54, 1.807) is 0 Å². The summed E-state index contributed by atoms with van der Waals surface area (Å²) >= 11 is 0. The van der Waals surface area contributed by atoms with E-state index in [0.29, 0.717) is 24.0 Å². The number of aliphatic imine (C=N–C) groups is 1. The van der Waals surface area contributed by atoms with Crippen molar-refractivity contribution in [2.75, 3.05) is 6.54 Å². The average molecular weight is 379 g/mol. The summed E-state index contributed by atoms with van der Waals surface area (Å²) in [4.78, 5) is 4.73. The van der Waals surface area contributed by atoms with E-state index in [1.807, 2.05) is 0 Å². The van der Waals surface area contributed by atoms with Gasteiger partial charge in [0.1, 0.15) is 0 Å². The van der Waals surface area contributed by atoms with Gasteiger partial charge in [-0.2, -0.15) is 0 Å². The van der Waals surface area contributed by atoms with Gasteiger partial charge in [-0.1, -0.05) is 60.7 Å². The Bertz CT molecular complexity index is 700. The molecule has 1 fully saturated rings. The topological polar surface area (TPSA) is 48.5 Å². The van der Waals surface area contributed by atoms with E-state index in [1.165, 1.54) is 11.1 Å². The zero-order valence-corrected chi connectivity index (χ0v) is 17.5. The van der Waals surface area contributed by atoms with E-state index in [-0.39, 0.29) is 6.04 Å². The predicted molar refractivity (Wildman–Crippen MR) is 119 cm³/mol. The summed E-state index contributed by atoms with van der Waals surface area (Å²) < 4.78 is 0. The van der Waals surface area contributed by atoms with Gasteiger partial charge in [0.25, 0.3) is 0 Å². The fraction of sp³-hybridized carbons (Fsp3) is 0.458. The molecule has 4 nitrogen and oxygen atoms in total. The maximum atomic E-state index is 4.73. The zero-order chi connectivity index (χ0) is 19.9. The molecule has 1 aliphatic heterocycles. The molecule has 0 radical (unpaired) electrons. The monoisotopic (exact) mass is 378 g/mol. The highest BCUT2D eigenvalue weighted by molar-refractivity contribution is 5.80. The Balaban J connectivity index is 1.76. The molecular weight excluding hydrogens is 344 g/mol. The molecule has 4 heteroatoms. The molecule has 0 bridgehead atoms. The van der Waals surface area contributed by atoms with E-state index in [9.17, 15) is 0 Å². The number of hydrogen-bond donors (Lipinski definition) is 3. The predicted octanol–water partition coefficient (Wildman–Crippen LogP) is 3.90. The lowest BCUT2D eigenvalue weighted by Gasteiger charge is -2.25. The first kappa shape index (κ1) is 20.4. The van der Waals surface area contributed by atoms with Crippen molar-refractivity contribution in [2.24, 2.45) is 4.99 Å². The summed E-state index contributed by atoms with van der Waals surface area (Å²) in [5.74, 6) is 1.26. The molecule has 0 aromatic heterocycles. The molecular formula is C24H34N4. The van der Waals surface area contributed by atoms with E-state index in [2.05, 4.69) is 104 Å². The van der Waals surface area contributed by atoms with Crippen LogP contribution in [0.1, 0.15) is 51.2 Å². The summed E-state index contributed by atoms with van der Waals surface area (Å²) in [6.45, 7) is 9.46. The van der Waals surface area contributed by atoms with Gasteiger partial charge in [-0.3, -0.25) is 4.99 Å². The number of benzene rings is 2. The number of nitrogens with one attached hydrogen (secondary N) is 3. The van der Waals surface area contributed by atoms with Gasteiger partial charge in [0.2, 0.25) is 0 Å². The van der Waals surface area contributed by atoms with Crippen LogP contribution in [0.4, 0.5) is 0 Å². The van der Waals surface area contributed by atoms with Gasteiger partial charge >= 0.3 is 0 Å². The Labute approximate surface area is 169 Å². The molecule has 150 valence electrons. The Hall–Kier alpha value is -2.33. The Morgan fingerprint density at radius 1 is 0.929 bits per heavy atom. The smallest absolute Gasteiger partial charge is 0.191 e. The molecule has 3 N–H and O–H groups in total. The first-order valence-corrected chi connectivity index (χ1v) is 10.5. The van der Waals surface area contributed by atoms with Gasteiger partial charge < -0.3 is 16.0 Å². The van der Waals surface area contributed by atoms with Crippen LogP contribution in [0.5, 0.6) is 0 Å². The maximum Gasteiger partial charge on any atom is 0.191 e. The molecule has 2 aromatic rings. The maximum absolute atomic E-state index is 4.73. The van der Waals surface area contributed by atoms with Crippen molar-refractivity contribution >= 4 is 5.96 Å². The second-order valence-corrected chi connectivity index (χ2v) is 8.26. The number of nitrogens with zero attached hydrogens (tertiary/aromatic N) is 1. The van der Waals surface area contributed by atoms with E-state index >= 15 is 0 Å². The minimum atomic E-state index is 0.264. The first-order chi connectivity index (χ1) is 13.5. The molecule has 2 atom stereocenters. The first-order valence-electron chi connectivity index (χ1n) is 10.5. The van der Waals surface area contributed by atoms with Crippen molar-refractivity contribution < 1.29 is 0 Å². The molecule has 2 aromatic carbocycles. The normalized spacial score (nSPS) is 20.2. The quantitative estimate of drug-likeness (QED) is 0.528. The van der Waals surface area contributed by atoms with Gasteiger partial charge in [-0.05, 0) is 45.2 Å². The number of rotatable bonds is 6. The molecule has 0 unspecified atom stereocenters. The van der Waals surface area contributed by atoms with Crippen molar-refractivity contribution in [3.05, 3.63) is 71.8 Å². The highest BCUT2D eigenvalue weighted by Crippen LogP contribution is 2.32. The fourth-order valence-electron chi connectivity index (χ4n) is 3.95. The largest absolute Gasteiger partial charge is 0.354 e. The highest BCUT2D eigenvalue weighted by Gasteiger charge is 2.32. The molecule has 0 aliphatic carbocycles. The third-order valence-electron chi connectivity index (χ3n) is 5.04. The summed E-state index contributed by atoms with van der Waals surface area (Å²) in [6.07, 6.45) is 1.06. The fourth-order valence-corrected chi connectivity index (χ4v) is 3.95. The van der Waals surface area contributed by atoms with E-state index < -0.39 is 0 Å². The third-order valence-corrected chi connectivity index (χ3v) is 5.04. The van der Waals surface area contributed by atoms with Gasteiger partial charge in [-0.15, -0.1) is 0 Å². The van der Waals surface area contributed by atoms with Crippen molar-refractivity contribution in [1.29, 1.82) is 0 Å². The van der Waals surface area contributed by atoms with Gasteiger partial charge in [0, 0.05) is 36.6 Å². The average Bonchev–Trinajstić information content (AvgIpc) is 3.10. The van der Waals surface area contributed by atoms with Crippen LogP contribution in [-0.4, -0.2) is 36.7 Å². The summed E-state index contributed by atoms with van der Waals surface area (Å²) in [6, 6.07) is 23.1. The molecule has 0 amide bonds. The van der Waals surface area contributed by atoms with Crippen LogP contribution in [0, 0.1) is 0 Å². The van der Waals surface area contributed by atoms with Crippen LogP contribution >= 0.6 is 0 Å². The molecule has 0 saturated carbocycles. The van der Waals surface area contributed by atoms with Crippen molar-refractivity contribution in [3.63, 3.8) is 0 Å². The third kappa shape index (κ3) is 5.59. The van der Waals surface area contributed by atoms with Crippen LogP contribution in [0.15, 0.2) is 65.7 Å². The van der Waals surface area contributed by atoms with E-state index in [0.717, 1.165) is 18.9 Å². The molecule has 1 saturated heterocycles. The van der Waals surface area contributed by atoms with Crippen LogP contribution in [-0.2, 0) is 0 Å². The highest BCUT2D eigenvalue weighted by atomic mass is 15.2. The Morgan fingerprint density at radius 3 is 2.00 bits per heavy atom. The SMILES string of the molecule is CC(C)/N=C(\NC(C)C)N[C@H]1CN[C@H](C(c2ccccc2)c2ccccc2)C1. The zero-order valence-electron chi connectivity index (χ0n) is 17.5. The van der Waals surface area contributed by atoms with Crippen LogP contribution in [0.3, 0.4) is 0 Å². The minimum Gasteiger partial charge on any atom is -0.354 e. The molecule has 28 heavy (non-hydrogen) atoms. The standard InChI is InChI=1S/C24H34N4/c1-17(2)26-24(27-18(3)4)28-21-15-22(25-16-21)23(19-11-7-5-8-12-19)20-13-9-6-10-14-20/h5-14,17-18,21-23,25H,15-16H2,1-4H3,(H2,26,27,28)/t21-,22+/m1/s1. The summed E-state index contributed by atoms with van der Waals surface area (Å²) in [5.41, 5.74) is 2.73. The van der Waals surface area contributed by atoms with Crippen LogP contribution in [0.2, 0.25) is 0 Å². The lowest BCUT2D eigenvalue weighted by atomic mass is 9.84. The second-order valence-electron chi connectivity index (χ2n) is 8.26. The Kier molecular flexibility index (Phi) is 7.10. The van der Waals surface area contributed by atoms with Crippen molar-refractivity contribution in [2.45, 2.75) is 64.2 Å². The molecule has 1 aliphatic rings. The Morgan fingerprint density at radius 2 is 1.50 bits per heavy atom. The van der Waals surface area contributed by atoms with Crippen molar-refractivity contribution in [1.82, 2.24) is 16.0 Å². The lowest BCUT2D eigenvalue weighted by molar-refractivity contribution is 0.528. The van der Waals surface area contributed by atoms with Gasteiger partial charge in [-0.25, -0.2) is 0 Å². The summed E-state index contributed by atoms with van der Waals surface area (Å²) in [7, 11) is 0. The van der Waals surface area contributed by atoms with Gasteiger partial charge in [0.05, 0.1) is 0 Å². The summed E-state index contributed by atoms with van der Waals surface area (Å²) in [5, 5.41) is 10.9. The van der Waals surface area contributed by atoms with Crippen LogP contribution in [0.25, 0.3) is 0 Å². The molecule has 1 heterocycles.